The number of amides is 1. The number of hydrogen-bond donors (Lipinski definition) is 1. The van der Waals surface area contributed by atoms with Gasteiger partial charge in [0, 0.05) is 10.2 Å². The van der Waals surface area contributed by atoms with Gasteiger partial charge in [-0.05, 0) is 30.2 Å². The highest BCUT2D eigenvalue weighted by Gasteiger charge is 2.06. The Morgan fingerprint density at radius 1 is 1.21 bits per heavy atom. The highest BCUT2D eigenvalue weighted by atomic mass is 79.9. The fourth-order valence-corrected chi connectivity index (χ4v) is 1.96. The standard InChI is InChI=1S/C15H14BrNO2/c1-11-7-8-13(16)9-14(11)17-15(18)19-10-12-5-3-2-4-6-12/h2-9H,10H2,1H3,(H,17,18). The molecule has 0 atom stereocenters. The third-order valence-corrected chi connectivity index (χ3v) is 3.14. The van der Waals surface area contributed by atoms with Gasteiger partial charge >= 0.3 is 6.09 Å². The number of benzene rings is 2. The lowest BCUT2D eigenvalue weighted by Crippen LogP contribution is -2.14. The van der Waals surface area contributed by atoms with Crippen LogP contribution in [0.5, 0.6) is 0 Å². The van der Waals surface area contributed by atoms with Crippen molar-refractivity contribution < 1.29 is 9.53 Å². The predicted molar refractivity (Wildman–Crippen MR) is 79.1 cm³/mol. The zero-order valence-electron chi connectivity index (χ0n) is 10.5. The molecule has 0 fully saturated rings. The van der Waals surface area contributed by atoms with E-state index in [1.807, 2.05) is 55.5 Å². The minimum atomic E-state index is -0.454. The fraction of sp³-hybridized carbons (Fsp3) is 0.133. The minimum absolute atomic E-state index is 0.264. The van der Waals surface area contributed by atoms with E-state index in [9.17, 15) is 4.79 Å². The Bertz CT molecular complexity index is 570. The molecule has 1 N–H and O–H groups in total. The number of hydrogen-bond acceptors (Lipinski definition) is 2. The number of ether oxygens (including phenoxy) is 1. The van der Waals surface area contributed by atoms with Crippen LogP contribution in [0.2, 0.25) is 0 Å². The van der Waals surface area contributed by atoms with Gasteiger partial charge in [0.25, 0.3) is 0 Å². The van der Waals surface area contributed by atoms with Gasteiger partial charge in [0.1, 0.15) is 6.61 Å². The van der Waals surface area contributed by atoms with Crippen LogP contribution in [0.15, 0.2) is 53.0 Å². The van der Waals surface area contributed by atoms with E-state index >= 15 is 0 Å². The lowest BCUT2D eigenvalue weighted by atomic mass is 10.2. The molecule has 0 aliphatic carbocycles. The number of rotatable bonds is 3. The summed E-state index contributed by atoms with van der Waals surface area (Å²) < 4.78 is 6.07. The van der Waals surface area contributed by atoms with Crippen molar-refractivity contribution in [2.24, 2.45) is 0 Å². The van der Waals surface area contributed by atoms with Gasteiger partial charge in [-0.3, -0.25) is 5.32 Å². The Morgan fingerprint density at radius 3 is 2.68 bits per heavy atom. The van der Waals surface area contributed by atoms with Crippen LogP contribution < -0.4 is 5.32 Å². The van der Waals surface area contributed by atoms with E-state index in [0.29, 0.717) is 0 Å². The summed E-state index contributed by atoms with van der Waals surface area (Å²) in [5, 5.41) is 2.73. The molecule has 0 aliphatic heterocycles. The molecule has 98 valence electrons. The Hall–Kier alpha value is -1.81. The largest absolute Gasteiger partial charge is 0.444 e. The zero-order valence-corrected chi connectivity index (χ0v) is 12.1. The summed E-state index contributed by atoms with van der Waals surface area (Å²) in [4.78, 5) is 11.7. The molecule has 2 rings (SSSR count). The smallest absolute Gasteiger partial charge is 0.411 e. The van der Waals surface area contributed by atoms with Crippen molar-refractivity contribution in [3.63, 3.8) is 0 Å². The van der Waals surface area contributed by atoms with Crippen LogP contribution in [0.1, 0.15) is 11.1 Å². The van der Waals surface area contributed by atoms with Crippen LogP contribution in [0, 0.1) is 6.92 Å². The molecule has 2 aromatic carbocycles. The summed E-state index contributed by atoms with van der Waals surface area (Å²) in [6, 6.07) is 15.3. The Kier molecular flexibility index (Phi) is 4.58. The van der Waals surface area contributed by atoms with Crippen LogP contribution in [0.4, 0.5) is 10.5 Å². The first-order chi connectivity index (χ1) is 9.15. The van der Waals surface area contributed by atoms with E-state index in [-0.39, 0.29) is 6.61 Å². The molecule has 4 heteroatoms. The number of aryl methyl sites for hydroxylation is 1. The maximum absolute atomic E-state index is 11.7. The molecule has 0 aromatic heterocycles. The van der Waals surface area contributed by atoms with Gasteiger partial charge in [-0.25, -0.2) is 4.79 Å². The number of halogens is 1. The predicted octanol–water partition coefficient (Wildman–Crippen LogP) is 4.51. The zero-order chi connectivity index (χ0) is 13.7. The summed E-state index contributed by atoms with van der Waals surface area (Å²) in [7, 11) is 0. The van der Waals surface area contributed by atoms with Crippen molar-refractivity contribution in [1.29, 1.82) is 0 Å². The Balaban J connectivity index is 1.93. The highest BCUT2D eigenvalue weighted by molar-refractivity contribution is 9.10. The van der Waals surface area contributed by atoms with Gasteiger partial charge < -0.3 is 4.74 Å². The van der Waals surface area contributed by atoms with Crippen LogP contribution in [0.3, 0.4) is 0 Å². The van der Waals surface area contributed by atoms with Gasteiger partial charge in [-0.1, -0.05) is 52.3 Å². The monoisotopic (exact) mass is 319 g/mol. The number of carbonyl (C=O) groups excluding carboxylic acids is 1. The third-order valence-electron chi connectivity index (χ3n) is 2.65. The van der Waals surface area contributed by atoms with Gasteiger partial charge in [-0.15, -0.1) is 0 Å². The molecule has 0 aliphatic rings. The van der Waals surface area contributed by atoms with Crippen molar-refractivity contribution in [2.75, 3.05) is 5.32 Å². The number of nitrogens with one attached hydrogen (secondary N) is 1. The lowest BCUT2D eigenvalue weighted by Gasteiger charge is -2.09. The third kappa shape index (κ3) is 4.10. The Labute approximate surface area is 120 Å². The molecule has 2 aromatic rings. The van der Waals surface area contributed by atoms with E-state index in [2.05, 4.69) is 21.2 Å². The topological polar surface area (TPSA) is 38.3 Å². The van der Waals surface area contributed by atoms with Crippen molar-refractivity contribution >= 4 is 27.7 Å². The molecule has 0 spiro atoms. The maximum atomic E-state index is 11.7. The number of carbonyl (C=O) groups is 1. The van der Waals surface area contributed by atoms with E-state index in [0.717, 1.165) is 21.3 Å². The summed E-state index contributed by atoms with van der Waals surface area (Å²) in [5.41, 5.74) is 2.69. The number of anilines is 1. The Morgan fingerprint density at radius 2 is 1.95 bits per heavy atom. The molecule has 3 nitrogen and oxygen atoms in total. The van der Waals surface area contributed by atoms with E-state index < -0.39 is 6.09 Å². The molecule has 0 unspecified atom stereocenters. The first-order valence-corrected chi connectivity index (χ1v) is 6.68. The van der Waals surface area contributed by atoms with Gasteiger partial charge in [-0.2, -0.15) is 0 Å². The summed E-state index contributed by atoms with van der Waals surface area (Å²) in [6.07, 6.45) is -0.454. The van der Waals surface area contributed by atoms with Crippen LogP contribution in [-0.2, 0) is 11.3 Å². The van der Waals surface area contributed by atoms with E-state index in [1.54, 1.807) is 0 Å². The summed E-state index contributed by atoms with van der Waals surface area (Å²) >= 11 is 3.37. The van der Waals surface area contributed by atoms with Crippen LogP contribution >= 0.6 is 15.9 Å². The molecule has 0 saturated carbocycles. The minimum Gasteiger partial charge on any atom is -0.444 e. The SMILES string of the molecule is Cc1ccc(Br)cc1NC(=O)OCc1ccccc1. The highest BCUT2D eigenvalue weighted by Crippen LogP contribution is 2.20. The summed E-state index contributed by atoms with van der Waals surface area (Å²) in [5.74, 6) is 0. The van der Waals surface area contributed by atoms with Crippen molar-refractivity contribution in [3.05, 3.63) is 64.1 Å². The molecule has 0 bridgehead atoms. The van der Waals surface area contributed by atoms with Crippen molar-refractivity contribution in [3.8, 4) is 0 Å². The molecular formula is C15H14BrNO2. The van der Waals surface area contributed by atoms with Crippen LogP contribution in [0.25, 0.3) is 0 Å². The summed E-state index contributed by atoms with van der Waals surface area (Å²) in [6.45, 7) is 2.19. The molecular weight excluding hydrogens is 306 g/mol. The van der Waals surface area contributed by atoms with Gasteiger partial charge in [0.15, 0.2) is 0 Å². The van der Waals surface area contributed by atoms with Crippen molar-refractivity contribution in [2.45, 2.75) is 13.5 Å². The molecule has 0 heterocycles. The quantitative estimate of drug-likeness (QED) is 0.904. The first-order valence-electron chi connectivity index (χ1n) is 5.89. The lowest BCUT2D eigenvalue weighted by molar-refractivity contribution is 0.155. The second-order valence-corrected chi connectivity index (χ2v) is 5.06. The van der Waals surface area contributed by atoms with E-state index in [1.165, 1.54) is 0 Å². The van der Waals surface area contributed by atoms with Gasteiger partial charge in [0.2, 0.25) is 0 Å². The normalized spacial score (nSPS) is 10.0. The van der Waals surface area contributed by atoms with Gasteiger partial charge in [0.05, 0.1) is 0 Å². The maximum Gasteiger partial charge on any atom is 0.411 e. The first kappa shape index (κ1) is 13.6. The van der Waals surface area contributed by atoms with Crippen molar-refractivity contribution in [1.82, 2.24) is 0 Å². The molecule has 0 radical (unpaired) electrons. The average Bonchev–Trinajstić information content (AvgIpc) is 2.42. The average molecular weight is 320 g/mol. The molecule has 19 heavy (non-hydrogen) atoms. The van der Waals surface area contributed by atoms with Crippen LogP contribution in [-0.4, -0.2) is 6.09 Å². The molecule has 1 amide bonds. The van der Waals surface area contributed by atoms with E-state index in [4.69, 9.17) is 4.74 Å². The molecule has 0 saturated heterocycles. The fourth-order valence-electron chi connectivity index (χ4n) is 1.60. The second kappa shape index (κ2) is 6.38. The second-order valence-electron chi connectivity index (χ2n) is 4.15.